The number of anilines is 1. The van der Waals surface area contributed by atoms with Crippen molar-refractivity contribution in [3.8, 4) is 0 Å². The van der Waals surface area contributed by atoms with E-state index in [0.717, 1.165) is 11.1 Å². The van der Waals surface area contributed by atoms with Gasteiger partial charge >= 0.3 is 0 Å². The largest absolute Gasteiger partial charge is 0.330 e. The van der Waals surface area contributed by atoms with Gasteiger partial charge < -0.3 is 11.1 Å². The molecule has 0 aliphatic rings. The first-order valence-electron chi connectivity index (χ1n) is 6.46. The van der Waals surface area contributed by atoms with E-state index in [1.165, 1.54) is 6.07 Å². The van der Waals surface area contributed by atoms with Gasteiger partial charge in [-0.3, -0.25) is 4.79 Å². The number of nitrogens with two attached hydrogens (primary N) is 1. The first kappa shape index (κ1) is 14.2. The summed E-state index contributed by atoms with van der Waals surface area (Å²) in [4.78, 5) is 12.1. The van der Waals surface area contributed by atoms with Crippen LogP contribution in [0.1, 0.15) is 21.5 Å². The Morgan fingerprint density at radius 3 is 2.75 bits per heavy atom. The molecule has 0 radical (unpaired) electrons. The zero-order valence-electron chi connectivity index (χ0n) is 11.3. The standard InChI is InChI=1S/C16H17FN2O/c1-11-5-6-15(14(17)9-11)19-16(20)13-4-2-3-12(10-13)7-8-18/h2-6,9-10H,7-8,18H2,1H3,(H,19,20). The summed E-state index contributed by atoms with van der Waals surface area (Å²) in [5.41, 5.74) is 7.98. The highest BCUT2D eigenvalue weighted by Gasteiger charge is 2.09. The second kappa shape index (κ2) is 6.30. The SMILES string of the molecule is Cc1ccc(NC(=O)c2cccc(CCN)c2)c(F)c1. The fourth-order valence-corrected chi connectivity index (χ4v) is 1.95. The summed E-state index contributed by atoms with van der Waals surface area (Å²) in [5.74, 6) is -0.761. The molecule has 0 aromatic heterocycles. The molecule has 0 heterocycles. The van der Waals surface area contributed by atoms with Crippen LogP contribution in [0.25, 0.3) is 0 Å². The maximum atomic E-state index is 13.7. The lowest BCUT2D eigenvalue weighted by Gasteiger charge is -2.08. The highest BCUT2D eigenvalue weighted by atomic mass is 19.1. The number of hydrogen-bond acceptors (Lipinski definition) is 2. The summed E-state index contributed by atoms with van der Waals surface area (Å²) in [5, 5.41) is 2.58. The Balaban J connectivity index is 2.17. The van der Waals surface area contributed by atoms with Gasteiger partial charge in [-0.1, -0.05) is 18.2 Å². The third-order valence-electron chi connectivity index (χ3n) is 2.99. The molecule has 3 N–H and O–H groups in total. The number of carbonyl (C=O) groups is 1. The van der Waals surface area contributed by atoms with E-state index >= 15 is 0 Å². The van der Waals surface area contributed by atoms with Crippen molar-refractivity contribution in [1.29, 1.82) is 0 Å². The molecule has 2 aromatic rings. The smallest absolute Gasteiger partial charge is 0.255 e. The summed E-state index contributed by atoms with van der Waals surface area (Å²) in [7, 11) is 0. The normalized spacial score (nSPS) is 10.3. The predicted octanol–water partition coefficient (Wildman–Crippen LogP) is 2.89. The molecule has 0 atom stereocenters. The Kier molecular flexibility index (Phi) is 4.48. The zero-order valence-corrected chi connectivity index (χ0v) is 11.3. The van der Waals surface area contributed by atoms with E-state index in [-0.39, 0.29) is 11.6 Å². The van der Waals surface area contributed by atoms with Crippen LogP contribution in [0.3, 0.4) is 0 Å². The molecule has 2 aromatic carbocycles. The second-order valence-corrected chi connectivity index (χ2v) is 4.68. The molecule has 1 amide bonds. The molecule has 0 unspecified atom stereocenters. The molecule has 0 saturated carbocycles. The first-order valence-corrected chi connectivity index (χ1v) is 6.46. The molecule has 104 valence electrons. The third kappa shape index (κ3) is 3.42. The van der Waals surface area contributed by atoms with E-state index in [9.17, 15) is 9.18 Å². The van der Waals surface area contributed by atoms with Gasteiger partial charge in [-0.25, -0.2) is 4.39 Å². The maximum Gasteiger partial charge on any atom is 0.255 e. The Morgan fingerprint density at radius 1 is 1.25 bits per heavy atom. The van der Waals surface area contributed by atoms with Crippen LogP contribution in [0.2, 0.25) is 0 Å². The average Bonchev–Trinajstić information content (AvgIpc) is 2.42. The minimum atomic E-state index is -0.434. The highest BCUT2D eigenvalue weighted by molar-refractivity contribution is 6.04. The lowest BCUT2D eigenvalue weighted by molar-refractivity contribution is 0.102. The van der Waals surface area contributed by atoms with Crippen molar-refractivity contribution in [2.45, 2.75) is 13.3 Å². The van der Waals surface area contributed by atoms with Crippen LogP contribution >= 0.6 is 0 Å². The molecule has 2 rings (SSSR count). The average molecular weight is 272 g/mol. The van der Waals surface area contributed by atoms with Gasteiger partial charge in [-0.2, -0.15) is 0 Å². The number of carbonyl (C=O) groups excluding carboxylic acids is 1. The van der Waals surface area contributed by atoms with Crippen molar-refractivity contribution in [3.63, 3.8) is 0 Å². The number of benzene rings is 2. The van der Waals surface area contributed by atoms with Gasteiger partial charge in [0.2, 0.25) is 0 Å². The van der Waals surface area contributed by atoms with Crippen molar-refractivity contribution >= 4 is 11.6 Å². The lowest BCUT2D eigenvalue weighted by atomic mass is 10.1. The Labute approximate surface area is 117 Å². The number of amides is 1. The number of nitrogens with one attached hydrogen (secondary N) is 1. The van der Waals surface area contributed by atoms with E-state index in [0.29, 0.717) is 18.5 Å². The van der Waals surface area contributed by atoms with Crippen LogP contribution in [-0.4, -0.2) is 12.5 Å². The number of rotatable bonds is 4. The quantitative estimate of drug-likeness (QED) is 0.899. The van der Waals surface area contributed by atoms with Crippen molar-refractivity contribution in [1.82, 2.24) is 0 Å². The summed E-state index contributed by atoms with van der Waals surface area (Å²) >= 11 is 0. The molecular weight excluding hydrogens is 255 g/mol. The fraction of sp³-hybridized carbons (Fsp3) is 0.188. The van der Waals surface area contributed by atoms with Crippen molar-refractivity contribution in [3.05, 3.63) is 65.0 Å². The van der Waals surface area contributed by atoms with Crippen LogP contribution in [0, 0.1) is 12.7 Å². The van der Waals surface area contributed by atoms with Gasteiger partial charge in [-0.15, -0.1) is 0 Å². The lowest BCUT2D eigenvalue weighted by Crippen LogP contribution is -2.13. The van der Waals surface area contributed by atoms with Crippen molar-refractivity contribution in [2.24, 2.45) is 5.73 Å². The number of hydrogen-bond donors (Lipinski definition) is 2. The predicted molar refractivity (Wildman–Crippen MR) is 78.3 cm³/mol. The molecule has 0 saturated heterocycles. The van der Waals surface area contributed by atoms with Gasteiger partial charge in [0.15, 0.2) is 0 Å². The molecule has 0 bridgehead atoms. The van der Waals surface area contributed by atoms with Crippen LogP contribution in [0.4, 0.5) is 10.1 Å². The molecule has 0 fully saturated rings. The van der Waals surface area contributed by atoms with Crippen LogP contribution in [-0.2, 0) is 6.42 Å². The highest BCUT2D eigenvalue weighted by Crippen LogP contribution is 2.16. The summed E-state index contributed by atoms with van der Waals surface area (Å²) in [6.45, 7) is 2.32. The molecular formula is C16H17FN2O. The number of aryl methyl sites for hydroxylation is 1. The second-order valence-electron chi connectivity index (χ2n) is 4.68. The Bertz CT molecular complexity index is 626. The van der Waals surface area contributed by atoms with Crippen molar-refractivity contribution in [2.75, 3.05) is 11.9 Å². The minimum absolute atomic E-state index is 0.185. The van der Waals surface area contributed by atoms with Crippen LogP contribution < -0.4 is 11.1 Å². The summed E-state index contributed by atoms with van der Waals surface area (Å²) in [6, 6.07) is 11.9. The van der Waals surface area contributed by atoms with Gasteiger partial charge in [0, 0.05) is 5.56 Å². The summed E-state index contributed by atoms with van der Waals surface area (Å²) in [6.07, 6.45) is 0.708. The van der Waals surface area contributed by atoms with Gasteiger partial charge in [-0.05, 0) is 55.3 Å². The fourth-order valence-electron chi connectivity index (χ4n) is 1.95. The topological polar surface area (TPSA) is 55.1 Å². The molecule has 4 heteroatoms. The third-order valence-corrected chi connectivity index (χ3v) is 2.99. The monoisotopic (exact) mass is 272 g/mol. The van der Waals surface area contributed by atoms with Gasteiger partial charge in [0.05, 0.1) is 5.69 Å². The molecule has 3 nitrogen and oxygen atoms in total. The van der Waals surface area contributed by atoms with Gasteiger partial charge in [0.25, 0.3) is 5.91 Å². The van der Waals surface area contributed by atoms with Gasteiger partial charge in [0.1, 0.15) is 5.82 Å². The zero-order chi connectivity index (χ0) is 14.5. The van der Waals surface area contributed by atoms with Crippen LogP contribution in [0.5, 0.6) is 0 Å². The van der Waals surface area contributed by atoms with E-state index in [4.69, 9.17) is 5.73 Å². The molecule has 0 aliphatic carbocycles. The first-order chi connectivity index (χ1) is 9.60. The molecule has 0 spiro atoms. The van der Waals surface area contributed by atoms with E-state index in [1.807, 2.05) is 6.07 Å². The summed E-state index contributed by atoms with van der Waals surface area (Å²) < 4.78 is 13.7. The molecule has 20 heavy (non-hydrogen) atoms. The Morgan fingerprint density at radius 2 is 2.05 bits per heavy atom. The van der Waals surface area contributed by atoms with Crippen molar-refractivity contribution < 1.29 is 9.18 Å². The molecule has 0 aliphatic heterocycles. The maximum absolute atomic E-state index is 13.7. The van der Waals surface area contributed by atoms with Crippen LogP contribution in [0.15, 0.2) is 42.5 Å². The van der Waals surface area contributed by atoms with E-state index in [2.05, 4.69) is 5.32 Å². The Hall–Kier alpha value is -2.20. The minimum Gasteiger partial charge on any atom is -0.330 e. The van der Waals surface area contributed by atoms with E-state index in [1.54, 1.807) is 37.3 Å². The van der Waals surface area contributed by atoms with E-state index < -0.39 is 5.82 Å². The number of halogens is 1.